The van der Waals surface area contributed by atoms with E-state index in [0.717, 1.165) is 22.8 Å². The summed E-state index contributed by atoms with van der Waals surface area (Å²) in [6, 6.07) is 8.58. The molecule has 0 aliphatic heterocycles. The van der Waals surface area contributed by atoms with E-state index < -0.39 is 0 Å². The summed E-state index contributed by atoms with van der Waals surface area (Å²) in [5, 5.41) is 4.33. The van der Waals surface area contributed by atoms with Crippen LogP contribution in [0.3, 0.4) is 0 Å². The van der Waals surface area contributed by atoms with Crippen LogP contribution in [0.1, 0.15) is 5.69 Å². The summed E-state index contributed by atoms with van der Waals surface area (Å²) in [7, 11) is 1.89. The number of hydrazine groups is 1. The number of hydrogen-bond donors (Lipinski definition) is 2. The van der Waals surface area contributed by atoms with E-state index in [9.17, 15) is 4.39 Å². The highest BCUT2D eigenvalue weighted by Crippen LogP contribution is 2.19. The lowest BCUT2D eigenvalue weighted by molar-refractivity contribution is 0.564. The minimum Gasteiger partial charge on any atom is -0.276 e. The monoisotopic (exact) mass is 280 g/mol. The Morgan fingerprint density at radius 3 is 2.68 bits per heavy atom. The van der Waals surface area contributed by atoms with E-state index >= 15 is 0 Å². The number of halogens is 1. The molecular weight excluding hydrogens is 263 g/mol. The van der Waals surface area contributed by atoms with Gasteiger partial charge in [0.1, 0.15) is 5.82 Å². The molecule has 1 aromatic heterocycles. The van der Waals surface area contributed by atoms with Crippen LogP contribution in [0.5, 0.6) is 0 Å². The topological polar surface area (TPSA) is 55.9 Å². The number of hydrogen-bond acceptors (Lipinski definition) is 4. The van der Waals surface area contributed by atoms with Crippen molar-refractivity contribution in [3.63, 3.8) is 0 Å². The lowest BCUT2D eigenvalue weighted by Gasteiger charge is -2.14. The highest BCUT2D eigenvalue weighted by atomic mass is 32.2. The Bertz CT molecular complexity index is 512. The number of aryl methyl sites for hydroxylation is 1. The van der Waals surface area contributed by atoms with Gasteiger partial charge in [-0.05, 0) is 30.3 Å². The van der Waals surface area contributed by atoms with Crippen LogP contribution < -0.4 is 11.3 Å². The fourth-order valence-corrected chi connectivity index (χ4v) is 2.65. The van der Waals surface area contributed by atoms with Crippen molar-refractivity contribution in [3.8, 4) is 0 Å². The molecule has 0 aliphatic carbocycles. The van der Waals surface area contributed by atoms with Gasteiger partial charge in [0, 0.05) is 36.4 Å². The maximum absolute atomic E-state index is 12.8. The molecule has 2 rings (SSSR count). The van der Waals surface area contributed by atoms with Crippen molar-refractivity contribution in [1.29, 1.82) is 0 Å². The van der Waals surface area contributed by atoms with Crippen LogP contribution in [-0.2, 0) is 13.5 Å². The number of aromatic nitrogens is 2. The maximum Gasteiger partial charge on any atom is 0.123 e. The Morgan fingerprint density at radius 1 is 1.37 bits per heavy atom. The zero-order chi connectivity index (χ0) is 13.7. The molecule has 2 aromatic rings. The second-order valence-corrected chi connectivity index (χ2v) is 5.41. The maximum atomic E-state index is 12.8. The van der Waals surface area contributed by atoms with Crippen molar-refractivity contribution < 1.29 is 4.39 Å². The smallest absolute Gasteiger partial charge is 0.123 e. The molecule has 0 radical (unpaired) electrons. The Hall–Kier alpha value is -1.37. The molecule has 0 bridgehead atoms. The summed E-state index contributed by atoms with van der Waals surface area (Å²) in [5.74, 6) is 6.15. The zero-order valence-corrected chi connectivity index (χ0v) is 11.5. The number of nitrogens with zero attached hydrogens (tertiary/aromatic N) is 2. The predicted octanol–water partition coefficient (Wildman–Crippen LogP) is 1.73. The second-order valence-electron chi connectivity index (χ2n) is 4.31. The molecule has 0 aliphatic rings. The van der Waals surface area contributed by atoms with Crippen molar-refractivity contribution in [2.75, 3.05) is 5.75 Å². The van der Waals surface area contributed by atoms with Crippen LogP contribution >= 0.6 is 11.8 Å². The molecule has 0 amide bonds. The first kappa shape index (κ1) is 14.0. The molecule has 1 atom stereocenters. The van der Waals surface area contributed by atoms with Gasteiger partial charge in [0.25, 0.3) is 0 Å². The van der Waals surface area contributed by atoms with Gasteiger partial charge in [-0.15, -0.1) is 11.8 Å². The van der Waals surface area contributed by atoms with Gasteiger partial charge in [0.05, 0.1) is 5.69 Å². The van der Waals surface area contributed by atoms with Crippen LogP contribution in [-0.4, -0.2) is 21.6 Å². The largest absolute Gasteiger partial charge is 0.276 e. The van der Waals surface area contributed by atoms with Crippen LogP contribution in [0.15, 0.2) is 41.4 Å². The number of thioether (sulfide) groups is 1. The van der Waals surface area contributed by atoms with Gasteiger partial charge in [-0.25, -0.2) is 4.39 Å². The van der Waals surface area contributed by atoms with Crippen LogP contribution in [0, 0.1) is 5.82 Å². The average Bonchev–Trinajstić information content (AvgIpc) is 2.82. The van der Waals surface area contributed by atoms with E-state index in [0.29, 0.717) is 0 Å². The van der Waals surface area contributed by atoms with E-state index in [1.807, 2.05) is 19.3 Å². The molecule has 6 heteroatoms. The number of nitrogens with one attached hydrogen (secondary N) is 1. The SMILES string of the molecule is Cn1ccc(CC(CSc2ccc(F)cc2)NN)n1. The molecule has 0 fully saturated rings. The van der Waals surface area contributed by atoms with Crippen molar-refractivity contribution in [2.45, 2.75) is 17.4 Å². The van der Waals surface area contributed by atoms with E-state index in [1.54, 1.807) is 28.6 Å². The predicted molar refractivity (Wildman–Crippen MR) is 75.1 cm³/mol. The second kappa shape index (κ2) is 6.70. The molecule has 1 heterocycles. The number of nitrogens with two attached hydrogens (primary N) is 1. The molecule has 3 N–H and O–H groups in total. The number of rotatable bonds is 6. The quantitative estimate of drug-likeness (QED) is 0.481. The Balaban J connectivity index is 1.87. The Morgan fingerprint density at radius 2 is 2.11 bits per heavy atom. The molecule has 0 spiro atoms. The summed E-state index contributed by atoms with van der Waals surface area (Å²) in [6.07, 6.45) is 2.68. The summed E-state index contributed by atoms with van der Waals surface area (Å²) < 4.78 is 14.6. The van der Waals surface area contributed by atoms with Gasteiger partial charge < -0.3 is 0 Å². The fraction of sp³-hybridized carbons (Fsp3) is 0.308. The Kier molecular flexibility index (Phi) is 4.95. The van der Waals surface area contributed by atoms with Crippen LogP contribution in [0.4, 0.5) is 4.39 Å². The van der Waals surface area contributed by atoms with Gasteiger partial charge in [-0.1, -0.05) is 0 Å². The molecular formula is C13H17FN4S. The first-order valence-electron chi connectivity index (χ1n) is 6.00. The highest BCUT2D eigenvalue weighted by Gasteiger charge is 2.10. The van der Waals surface area contributed by atoms with Crippen molar-refractivity contribution in [2.24, 2.45) is 12.9 Å². The van der Waals surface area contributed by atoms with Gasteiger partial charge in [0.15, 0.2) is 0 Å². The molecule has 4 nitrogen and oxygen atoms in total. The third-order valence-corrected chi connectivity index (χ3v) is 3.90. The third-order valence-electron chi connectivity index (χ3n) is 2.72. The van der Waals surface area contributed by atoms with Gasteiger partial charge in [0.2, 0.25) is 0 Å². The van der Waals surface area contributed by atoms with Crippen molar-refractivity contribution >= 4 is 11.8 Å². The summed E-state index contributed by atoms with van der Waals surface area (Å²) in [5.41, 5.74) is 3.80. The third kappa shape index (κ3) is 4.34. The minimum atomic E-state index is -0.216. The molecule has 19 heavy (non-hydrogen) atoms. The van der Waals surface area contributed by atoms with Gasteiger partial charge in [-0.2, -0.15) is 5.10 Å². The van der Waals surface area contributed by atoms with Crippen LogP contribution in [0.25, 0.3) is 0 Å². The average molecular weight is 280 g/mol. The van der Waals surface area contributed by atoms with Crippen molar-refractivity contribution in [1.82, 2.24) is 15.2 Å². The fourth-order valence-electron chi connectivity index (χ4n) is 1.72. The van der Waals surface area contributed by atoms with Crippen LogP contribution in [0.2, 0.25) is 0 Å². The van der Waals surface area contributed by atoms with E-state index in [1.165, 1.54) is 12.1 Å². The molecule has 1 aromatic carbocycles. The normalized spacial score (nSPS) is 12.6. The summed E-state index contributed by atoms with van der Waals surface area (Å²) >= 11 is 1.64. The standard InChI is InChI=1S/C13H17FN4S/c1-18-7-6-11(17-18)8-12(16-15)9-19-13-4-2-10(14)3-5-13/h2-7,12,16H,8-9,15H2,1H3. The number of benzene rings is 1. The lowest BCUT2D eigenvalue weighted by atomic mass is 10.2. The first-order valence-corrected chi connectivity index (χ1v) is 6.99. The molecule has 1 unspecified atom stereocenters. The van der Waals surface area contributed by atoms with E-state index in [-0.39, 0.29) is 11.9 Å². The minimum absolute atomic E-state index is 0.130. The molecule has 0 saturated heterocycles. The van der Waals surface area contributed by atoms with E-state index in [4.69, 9.17) is 5.84 Å². The summed E-state index contributed by atoms with van der Waals surface area (Å²) in [4.78, 5) is 1.03. The molecule has 102 valence electrons. The molecule has 0 saturated carbocycles. The zero-order valence-electron chi connectivity index (χ0n) is 10.7. The summed E-state index contributed by atoms with van der Waals surface area (Å²) in [6.45, 7) is 0. The first-order chi connectivity index (χ1) is 9.17. The lowest BCUT2D eigenvalue weighted by Crippen LogP contribution is -2.38. The highest BCUT2D eigenvalue weighted by molar-refractivity contribution is 7.99. The van der Waals surface area contributed by atoms with Gasteiger partial charge >= 0.3 is 0 Å². The Labute approximate surface area is 116 Å². The van der Waals surface area contributed by atoms with Gasteiger partial charge in [-0.3, -0.25) is 16.0 Å². The van der Waals surface area contributed by atoms with E-state index in [2.05, 4.69) is 10.5 Å². The van der Waals surface area contributed by atoms with Crippen molar-refractivity contribution in [3.05, 3.63) is 48.0 Å².